The van der Waals surface area contributed by atoms with E-state index >= 15 is 0 Å². The van der Waals surface area contributed by atoms with Gasteiger partial charge in [-0.1, -0.05) is 49.9 Å². The van der Waals surface area contributed by atoms with Gasteiger partial charge in [0.2, 0.25) is 0 Å². The summed E-state index contributed by atoms with van der Waals surface area (Å²) in [5.41, 5.74) is 3.98. The van der Waals surface area contributed by atoms with E-state index in [-0.39, 0.29) is 7.43 Å². The predicted octanol–water partition coefficient (Wildman–Crippen LogP) is 1.60. The topological polar surface area (TPSA) is 111 Å². The van der Waals surface area contributed by atoms with Crippen LogP contribution in [0.1, 0.15) is 35.8 Å². The Kier molecular flexibility index (Phi) is 9.15. The van der Waals surface area contributed by atoms with E-state index < -0.39 is 24.0 Å². The molecule has 2 rings (SSSR count). The summed E-state index contributed by atoms with van der Waals surface area (Å²) in [6.07, 6.45) is -1.15. The summed E-state index contributed by atoms with van der Waals surface area (Å²) in [5, 5.41) is 23.9. The molecule has 0 spiro atoms. The molecule has 7 heteroatoms. The molecule has 2 atom stereocenters. The highest BCUT2D eigenvalue weighted by molar-refractivity contribution is 5.97. The molecule has 0 aliphatic carbocycles. The van der Waals surface area contributed by atoms with E-state index in [4.69, 9.17) is 5.21 Å². The van der Waals surface area contributed by atoms with Gasteiger partial charge in [0.1, 0.15) is 6.04 Å². The maximum atomic E-state index is 12.2. The highest BCUT2D eigenvalue weighted by Crippen LogP contribution is 2.06. The van der Waals surface area contributed by atoms with Crippen molar-refractivity contribution in [3.63, 3.8) is 0 Å². The predicted molar refractivity (Wildman–Crippen MR) is 103 cm³/mol. The Hall–Kier alpha value is -2.74. The monoisotopic (exact) mass is 373 g/mol. The molecule has 2 aromatic rings. The SMILES string of the molecule is C.C[C@@H](O)[C@H](NC(=O)c1ccc(CNCc2ccccc2)cc1)C(=O)NO. The third-order valence-corrected chi connectivity index (χ3v) is 3.88. The molecule has 146 valence electrons. The Morgan fingerprint density at radius 2 is 1.52 bits per heavy atom. The lowest BCUT2D eigenvalue weighted by Gasteiger charge is -2.19. The Morgan fingerprint density at radius 1 is 0.963 bits per heavy atom. The first-order valence-electron chi connectivity index (χ1n) is 8.27. The summed E-state index contributed by atoms with van der Waals surface area (Å²) in [7, 11) is 0. The van der Waals surface area contributed by atoms with Gasteiger partial charge < -0.3 is 15.7 Å². The van der Waals surface area contributed by atoms with Crippen molar-refractivity contribution in [3.8, 4) is 0 Å². The minimum absolute atomic E-state index is 0. The lowest BCUT2D eigenvalue weighted by atomic mass is 10.1. The van der Waals surface area contributed by atoms with Crippen LogP contribution in [0.3, 0.4) is 0 Å². The molecule has 2 amide bonds. The van der Waals surface area contributed by atoms with E-state index in [0.29, 0.717) is 12.1 Å². The molecule has 7 nitrogen and oxygen atoms in total. The zero-order valence-electron chi connectivity index (χ0n) is 14.5. The van der Waals surface area contributed by atoms with Crippen LogP contribution in [0.2, 0.25) is 0 Å². The number of aliphatic hydroxyl groups excluding tert-OH is 1. The van der Waals surface area contributed by atoms with Gasteiger partial charge in [0.25, 0.3) is 11.8 Å². The summed E-state index contributed by atoms with van der Waals surface area (Å²) in [5.74, 6) is -1.39. The molecule has 0 saturated carbocycles. The number of rotatable bonds is 8. The van der Waals surface area contributed by atoms with Crippen molar-refractivity contribution < 1.29 is 19.9 Å². The molecule has 0 bridgehead atoms. The molecule has 0 saturated heterocycles. The fourth-order valence-corrected chi connectivity index (χ4v) is 2.42. The summed E-state index contributed by atoms with van der Waals surface area (Å²) < 4.78 is 0. The number of aliphatic hydroxyl groups is 1. The molecule has 0 heterocycles. The number of benzene rings is 2. The van der Waals surface area contributed by atoms with Gasteiger partial charge in [0.05, 0.1) is 6.10 Å². The van der Waals surface area contributed by atoms with Gasteiger partial charge >= 0.3 is 0 Å². The van der Waals surface area contributed by atoms with Crippen molar-refractivity contribution >= 4 is 11.8 Å². The lowest BCUT2D eigenvalue weighted by molar-refractivity contribution is -0.133. The first-order valence-corrected chi connectivity index (χ1v) is 8.27. The molecule has 2 aromatic carbocycles. The smallest absolute Gasteiger partial charge is 0.268 e. The maximum Gasteiger partial charge on any atom is 0.268 e. The number of hydrogen-bond acceptors (Lipinski definition) is 5. The van der Waals surface area contributed by atoms with Gasteiger partial charge in [0, 0.05) is 18.7 Å². The normalized spacial score (nSPS) is 12.4. The largest absolute Gasteiger partial charge is 0.391 e. The van der Waals surface area contributed by atoms with Gasteiger partial charge in [0.15, 0.2) is 0 Å². The van der Waals surface area contributed by atoms with Crippen LogP contribution in [-0.2, 0) is 17.9 Å². The molecule has 0 aromatic heterocycles. The zero-order chi connectivity index (χ0) is 18.9. The Labute approximate surface area is 159 Å². The molecule has 27 heavy (non-hydrogen) atoms. The second kappa shape index (κ2) is 11.1. The minimum atomic E-state index is -1.24. The molecule has 0 unspecified atom stereocenters. The van der Waals surface area contributed by atoms with Crippen LogP contribution in [0.5, 0.6) is 0 Å². The van der Waals surface area contributed by atoms with E-state index in [1.807, 2.05) is 42.5 Å². The van der Waals surface area contributed by atoms with Crippen LogP contribution in [0.15, 0.2) is 54.6 Å². The third-order valence-electron chi connectivity index (χ3n) is 3.88. The first-order chi connectivity index (χ1) is 12.5. The number of carbonyl (C=O) groups is 2. The van der Waals surface area contributed by atoms with Crippen molar-refractivity contribution in [3.05, 3.63) is 71.3 Å². The Bertz CT molecular complexity index is 718. The van der Waals surface area contributed by atoms with Crippen LogP contribution in [0.4, 0.5) is 0 Å². The van der Waals surface area contributed by atoms with E-state index in [1.54, 1.807) is 12.1 Å². The molecular formula is C20H27N3O4. The Balaban J connectivity index is 0.00000364. The van der Waals surface area contributed by atoms with Crippen molar-refractivity contribution in [1.29, 1.82) is 0 Å². The number of nitrogens with one attached hydrogen (secondary N) is 3. The number of carbonyl (C=O) groups excluding carboxylic acids is 2. The van der Waals surface area contributed by atoms with Crippen LogP contribution >= 0.6 is 0 Å². The van der Waals surface area contributed by atoms with Crippen LogP contribution in [0.25, 0.3) is 0 Å². The first kappa shape index (κ1) is 22.3. The van der Waals surface area contributed by atoms with E-state index in [2.05, 4.69) is 10.6 Å². The van der Waals surface area contributed by atoms with Crippen LogP contribution < -0.4 is 16.1 Å². The van der Waals surface area contributed by atoms with E-state index in [9.17, 15) is 14.7 Å². The maximum absolute atomic E-state index is 12.2. The quantitative estimate of drug-likeness (QED) is 0.357. The summed E-state index contributed by atoms with van der Waals surface area (Å²) in [6.45, 7) is 2.75. The molecule has 0 radical (unpaired) electrons. The zero-order valence-corrected chi connectivity index (χ0v) is 14.5. The molecule has 5 N–H and O–H groups in total. The van der Waals surface area contributed by atoms with Gasteiger partial charge in [-0.25, -0.2) is 5.48 Å². The number of hydroxylamine groups is 1. The Morgan fingerprint density at radius 3 is 2.04 bits per heavy atom. The van der Waals surface area contributed by atoms with Crippen LogP contribution in [-0.4, -0.2) is 34.3 Å². The average molecular weight is 373 g/mol. The van der Waals surface area contributed by atoms with E-state index in [1.165, 1.54) is 18.0 Å². The summed E-state index contributed by atoms with van der Waals surface area (Å²) in [4.78, 5) is 23.7. The fourth-order valence-electron chi connectivity index (χ4n) is 2.42. The average Bonchev–Trinajstić information content (AvgIpc) is 2.66. The fraction of sp³-hybridized carbons (Fsp3) is 0.300. The van der Waals surface area contributed by atoms with Crippen molar-refractivity contribution in [1.82, 2.24) is 16.1 Å². The second-order valence-corrected chi connectivity index (χ2v) is 5.95. The van der Waals surface area contributed by atoms with Crippen molar-refractivity contribution in [2.45, 2.75) is 39.6 Å². The summed E-state index contributed by atoms with van der Waals surface area (Å²) >= 11 is 0. The van der Waals surface area contributed by atoms with Crippen LogP contribution in [0, 0.1) is 0 Å². The minimum Gasteiger partial charge on any atom is -0.391 e. The number of hydrogen-bond donors (Lipinski definition) is 5. The highest BCUT2D eigenvalue weighted by atomic mass is 16.5. The standard InChI is InChI=1S/C19H23N3O4.CH4/c1-13(23)17(19(25)22-26)21-18(24)16-9-7-15(8-10-16)12-20-11-14-5-3-2-4-6-14;/h2-10,13,17,20,23,26H,11-12H2,1H3,(H,21,24)(H,22,25);1H4/t13-,17+;/m1./s1. The van der Waals surface area contributed by atoms with Crippen molar-refractivity contribution in [2.75, 3.05) is 0 Å². The summed E-state index contributed by atoms with van der Waals surface area (Å²) in [6, 6.07) is 15.7. The molecule has 0 fully saturated rings. The van der Waals surface area contributed by atoms with Gasteiger partial charge in [-0.3, -0.25) is 14.8 Å². The van der Waals surface area contributed by atoms with Gasteiger partial charge in [-0.2, -0.15) is 0 Å². The molecule has 0 aliphatic heterocycles. The molecular weight excluding hydrogens is 346 g/mol. The van der Waals surface area contributed by atoms with Gasteiger partial charge in [-0.05, 0) is 30.2 Å². The third kappa shape index (κ3) is 6.82. The number of amides is 2. The van der Waals surface area contributed by atoms with Crippen molar-refractivity contribution in [2.24, 2.45) is 0 Å². The highest BCUT2D eigenvalue weighted by Gasteiger charge is 2.25. The van der Waals surface area contributed by atoms with E-state index in [0.717, 1.165) is 12.1 Å². The molecule has 0 aliphatic rings. The second-order valence-electron chi connectivity index (χ2n) is 5.95. The lowest BCUT2D eigenvalue weighted by Crippen LogP contribution is -2.51. The van der Waals surface area contributed by atoms with Gasteiger partial charge in [-0.15, -0.1) is 0 Å².